The molecule has 0 atom stereocenters. The van der Waals surface area contributed by atoms with E-state index in [9.17, 15) is 14.7 Å². The molecule has 4 aliphatic rings. The number of carboxylic acid groups (broad SMARTS) is 1. The lowest BCUT2D eigenvalue weighted by molar-refractivity contribution is -0.169. The van der Waals surface area contributed by atoms with Crippen LogP contribution in [0.15, 0.2) is 0 Å². The normalized spacial score (nSPS) is 38.2. The van der Waals surface area contributed by atoms with Gasteiger partial charge in [-0.05, 0) is 38.5 Å². The standard InChI is InChI=1S/C14H21NO4/c16-11(15-7-9-19-10-8-15)13-1-4-14(5-2-13,6-3-13)12(17)18/h1-10H2,(H,17,18). The lowest BCUT2D eigenvalue weighted by Gasteiger charge is -2.51. The number of fused-ring (bicyclic) bond motifs is 3. The molecule has 1 saturated heterocycles. The monoisotopic (exact) mass is 267 g/mol. The van der Waals surface area contributed by atoms with Crippen LogP contribution in [-0.4, -0.2) is 48.2 Å². The van der Waals surface area contributed by atoms with Crippen LogP contribution in [0.25, 0.3) is 0 Å². The summed E-state index contributed by atoms with van der Waals surface area (Å²) in [6.45, 7) is 2.62. The average molecular weight is 267 g/mol. The Morgan fingerprint density at radius 2 is 1.37 bits per heavy atom. The molecule has 4 rings (SSSR count). The van der Waals surface area contributed by atoms with Crippen molar-refractivity contribution in [3.63, 3.8) is 0 Å². The molecule has 5 nitrogen and oxygen atoms in total. The number of nitrogens with zero attached hydrogens (tertiary/aromatic N) is 1. The first-order valence-electron chi connectivity index (χ1n) is 7.19. The number of hydrogen-bond donors (Lipinski definition) is 1. The number of carbonyl (C=O) groups excluding carboxylic acids is 1. The first kappa shape index (κ1) is 12.9. The molecule has 0 spiro atoms. The van der Waals surface area contributed by atoms with Crippen molar-refractivity contribution in [3.05, 3.63) is 0 Å². The second kappa shape index (κ2) is 4.47. The first-order valence-corrected chi connectivity index (χ1v) is 7.19. The van der Waals surface area contributed by atoms with Gasteiger partial charge in [0.05, 0.1) is 18.6 Å². The highest BCUT2D eigenvalue weighted by molar-refractivity contribution is 5.85. The summed E-state index contributed by atoms with van der Waals surface area (Å²) >= 11 is 0. The maximum Gasteiger partial charge on any atom is 0.309 e. The van der Waals surface area contributed by atoms with Gasteiger partial charge in [-0.15, -0.1) is 0 Å². The third kappa shape index (κ3) is 1.95. The van der Waals surface area contributed by atoms with E-state index < -0.39 is 11.4 Å². The van der Waals surface area contributed by atoms with Crippen molar-refractivity contribution in [2.75, 3.05) is 26.3 Å². The Hall–Kier alpha value is -1.10. The van der Waals surface area contributed by atoms with Crippen LogP contribution in [0.3, 0.4) is 0 Å². The summed E-state index contributed by atoms with van der Waals surface area (Å²) in [5.74, 6) is -0.422. The van der Waals surface area contributed by atoms with Gasteiger partial charge in [-0.25, -0.2) is 0 Å². The molecule has 0 aromatic carbocycles. The number of amides is 1. The van der Waals surface area contributed by atoms with E-state index in [0.717, 1.165) is 19.3 Å². The lowest BCUT2D eigenvalue weighted by atomic mass is 9.53. The molecule has 19 heavy (non-hydrogen) atoms. The number of aliphatic carboxylic acids is 1. The zero-order chi connectivity index (χ0) is 13.5. The third-order valence-corrected chi connectivity index (χ3v) is 5.45. The van der Waals surface area contributed by atoms with E-state index in [4.69, 9.17) is 4.74 Å². The van der Waals surface area contributed by atoms with Gasteiger partial charge in [-0.3, -0.25) is 9.59 Å². The molecule has 1 heterocycles. The molecule has 4 fully saturated rings. The minimum absolute atomic E-state index is 0.245. The van der Waals surface area contributed by atoms with Crippen LogP contribution in [0.5, 0.6) is 0 Å². The summed E-state index contributed by atoms with van der Waals surface area (Å²) in [4.78, 5) is 26.0. The summed E-state index contributed by atoms with van der Waals surface area (Å²) in [7, 11) is 0. The zero-order valence-corrected chi connectivity index (χ0v) is 11.2. The fourth-order valence-corrected chi connectivity index (χ4v) is 3.93. The van der Waals surface area contributed by atoms with Gasteiger partial charge < -0.3 is 14.7 Å². The molecule has 1 amide bonds. The Labute approximate surface area is 112 Å². The molecule has 106 valence electrons. The molecule has 0 aromatic rings. The van der Waals surface area contributed by atoms with Crippen molar-refractivity contribution in [1.29, 1.82) is 0 Å². The van der Waals surface area contributed by atoms with Crippen LogP contribution in [0, 0.1) is 10.8 Å². The van der Waals surface area contributed by atoms with E-state index in [1.807, 2.05) is 4.90 Å². The van der Waals surface area contributed by atoms with E-state index in [1.165, 1.54) is 0 Å². The van der Waals surface area contributed by atoms with Gasteiger partial charge in [0.25, 0.3) is 0 Å². The highest BCUT2D eigenvalue weighted by Crippen LogP contribution is 2.57. The quantitative estimate of drug-likeness (QED) is 0.818. The Morgan fingerprint density at radius 1 is 0.895 bits per heavy atom. The van der Waals surface area contributed by atoms with E-state index in [-0.39, 0.29) is 11.3 Å². The largest absolute Gasteiger partial charge is 0.481 e. The number of carboxylic acids is 1. The Bertz CT molecular complexity index is 376. The Balaban J connectivity index is 1.73. The third-order valence-electron chi connectivity index (χ3n) is 5.45. The van der Waals surface area contributed by atoms with Gasteiger partial charge in [-0.1, -0.05) is 0 Å². The van der Waals surface area contributed by atoms with Crippen molar-refractivity contribution >= 4 is 11.9 Å². The Kier molecular flexibility index (Phi) is 3.04. The summed E-state index contributed by atoms with van der Waals surface area (Å²) in [6, 6.07) is 0. The van der Waals surface area contributed by atoms with Gasteiger partial charge >= 0.3 is 5.97 Å². The van der Waals surface area contributed by atoms with Crippen LogP contribution in [-0.2, 0) is 14.3 Å². The van der Waals surface area contributed by atoms with E-state index in [2.05, 4.69) is 0 Å². The predicted octanol–water partition coefficient (Wildman–Crippen LogP) is 1.27. The van der Waals surface area contributed by atoms with Crippen molar-refractivity contribution in [2.24, 2.45) is 10.8 Å². The lowest BCUT2D eigenvalue weighted by Crippen LogP contribution is -2.55. The van der Waals surface area contributed by atoms with Crippen LogP contribution in [0.4, 0.5) is 0 Å². The van der Waals surface area contributed by atoms with Gasteiger partial charge in [0.15, 0.2) is 0 Å². The molecule has 0 unspecified atom stereocenters. The number of rotatable bonds is 2. The highest BCUT2D eigenvalue weighted by Gasteiger charge is 2.56. The van der Waals surface area contributed by atoms with Crippen molar-refractivity contribution in [1.82, 2.24) is 4.90 Å². The minimum Gasteiger partial charge on any atom is -0.481 e. The second-order valence-electron chi connectivity index (χ2n) is 6.27. The minimum atomic E-state index is -0.667. The van der Waals surface area contributed by atoms with Gasteiger partial charge in [0.2, 0.25) is 5.91 Å². The van der Waals surface area contributed by atoms with Crippen LogP contribution in [0.1, 0.15) is 38.5 Å². The summed E-state index contributed by atoms with van der Waals surface area (Å²) in [6.07, 6.45) is 4.23. The number of morpholine rings is 1. The van der Waals surface area contributed by atoms with E-state index in [0.29, 0.717) is 45.6 Å². The topological polar surface area (TPSA) is 66.8 Å². The Morgan fingerprint density at radius 3 is 1.84 bits per heavy atom. The fourth-order valence-electron chi connectivity index (χ4n) is 3.93. The molecule has 1 N–H and O–H groups in total. The van der Waals surface area contributed by atoms with E-state index in [1.54, 1.807) is 0 Å². The summed E-state index contributed by atoms with van der Waals surface area (Å²) in [5, 5.41) is 9.37. The fraction of sp³-hybridized carbons (Fsp3) is 0.857. The maximum atomic E-state index is 12.7. The first-order chi connectivity index (χ1) is 9.08. The predicted molar refractivity (Wildman–Crippen MR) is 67.6 cm³/mol. The molecule has 3 saturated carbocycles. The number of carbonyl (C=O) groups is 2. The molecular weight excluding hydrogens is 246 g/mol. The summed E-state index contributed by atoms with van der Waals surface area (Å²) < 4.78 is 5.29. The van der Waals surface area contributed by atoms with Gasteiger partial charge in [0, 0.05) is 18.5 Å². The molecule has 3 aliphatic carbocycles. The number of hydrogen-bond acceptors (Lipinski definition) is 3. The van der Waals surface area contributed by atoms with Crippen LogP contribution < -0.4 is 0 Å². The molecule has 2 bridgehead atoms. The van der Waals surface area contributed by atoms with Gasteiger partial charge in [0.1, 0.15) is 0 Å². The highest BCUT2D eigenvalue weighted by atomic mass is 16.5. The number of ether oxygens (including phenoxy) is 1. The molecular formula is C14H21NO4. The van der Waals surface area contributed by atoms with Crippen molar-refractivity contribution in [2.45, 2.75) is 38.5 Å². The van der Waals surface area contributed by atoms with Crippen LogP contribution >= 0.6 is 0 Å². The van der Waals surface area contributed by atoms with Crippen LogP contribution in [0.2, 0.25) is 0 Å². The maximum absolute atomic E-state index is 12.7. The SMILES string of the molecule is O=C(O)C12CCC(C(=O)N3CCOCC3)(CC1)CC2. The average Bonchev–Trinajstić information content (AvgIpc) is 2.49. The van der Waals surface area contributed by atoms with E-state index >= 15 is 0 Å². The zero-order valence-electron chi connectivity index (χ0n) is 11.2. The van der Waals surface area contributed by atoms with Crippen molar-refractivity contribution in [3.8, 4) is 0 Å². The molecule has 5 heteroatoms. The van der Waals surface area contributed by atoms with Crippen molar-refractivity contribution < 1.29 is 19.4 Å². The van der Waals surface area contributed by atoms with Gasteiger partial charge in [-0.2, -0.15) is 0 Å². The molecule has 0 aromatic heterocycles. The second-order valence-corrected chi connectivity index (χ2v) is 6.27. The molecule has 1 aliphatic heterocycles. The summed E-state index contributed by atoms with van der Waals surface area (Å²) in [5.41, 5.74) is -0.804. The smallest absolute Gasteiger partial charge is 0.309 e. The molecule has 0 radical (unpaired) electrons.